The van der Waals surface area contributed by atoms with Crippen LogP contribution >= 0.6 is 0 Å². The number of hydrogen-bond donors (Lipinski definition) is 2. The monoisotopic (exact) mass is 229 g/mol. The molecule has 2 N–H and O–H groups in total. The third-order valence-electron chi connectivity index (χ3n) is 2.21. The molecule has 0 spiro atoms. The minimum atomic E-state index is -0.219. The van der Waals surface area contributed by atoms with Crippen molar-refractivity contribution in [3.05, 3.63) is 53.9 Å². The summed E-state index contributed by atoms with van der Waals surface area (Å²) in [7, 11) is 0. The number of aromatic nitrogens is 2. The Balaban J connectivity index is 1.97. The predicted octanol–water partition coefficient (Wildman–Crippen LogP) is 1.11. The molecule has 0 bridgehead atoms. The van der Waals surface area contributed by atoms with Crippen LogP contribution in [0.4, 0.5) is 0 Å². The van der Waals surface area contributed by atoms with Crippen LogP contribution in [-0.4, -0.2) is 21.2 Å². The Hall–Kier alpha value is -2.43. The lowest BCUT2D eigenvalue weighted by Crippen LogP contribution is -2.22. The fraction of sp³-hybridized carbons (Fsp3) is 0.0833. The van der Waals surface area contributed by atoms with Crippen LogP contribution in [0.5, 0.6) is 5.75 Å². The van der Waals surface area contributed by atoms with Gasteiger partial charge in [-0.3, -0.25) is 4.79 Å². The second-order valence-electron chi connectivity index (χ2n) is 3.48. The van der Waals surface area contributed by atoms with E-state index >= 15 is 0 Å². The van der Waals surface area contributed by atoms with Gasteiger partial charge in [0.05, 0.1) is 18.0 Å². The molecule has 86 valence electrons. The third-order valence-corrected chi connectivity index (χ3v) is 2.21. The fourth-order valence-electron chi connectivity index (χ4n) is 1.38. The molecule has 5 nitrogen and oxygen atoms in total. The summed E-state index contributed by atoms with van der Waals surface area (Å²) in [5, 5.41) is 19.2. The van der Waals surface area contributed by atoms with E-state index in [1.165, 1.54) is 12.4 Å². The number of phenolic OH excluding ortho intramolecular Hbond substituents is 1. The lowest BCUT2D eigenvalue weighted by atomic mass is 10.2. The molecule has 0 aliphatic carbocycles. The molecule has 17 heavy (non-hydrogen) atoms. The van der Waals surface area contributed by atoms with Crippen LogP contribution in [0.1, 0.15) is 15.9 Å². The van der Waals surface area contributed by atoms with Crippen molar-refractivity contribution in [1.29, 1.82) is 0 Å². The first-order valence-corrected chi connectivity index (χ1v) is 5.08. The second kappa shape index (κ2) is 5.07. The van der Waals surface area contributed by atoms with Gasteiger partial charge in [-0.25, -0.2) is 0 Å². The zero-order valence-corrected chi connectivity index (χ0v) is 9.00. The molecule has 0 aliphatic rings. The van der Waals surface area contributed by atoms with Gasteiger partial charge in [0.25, 0.3) is 5.91 Å². The van der Waals surface area contributed by atoms with E-state index < -0.39 is 0 Å². The fourth-order valence-corrected chi connectivity index (χ4v) is 1.38. The van der Waals surface area contributed by atoms with Crippen molar-refractivity contribution in [3.63, 3.8) is 0 Å². The van der Waals surface area contributed by atoms with Gasteiger partial charge in [0, 0.05) is 6.54 Å². The molecule has 0 saturated carbocycles. The van der Waals surface area contributed by atoms with Gasteiger partial charge >= 0.3 is 0 Å². The molecule has 2 aromatic rings. The molecular weight excluding hydrogens is 218 g/mol. The van der Waals surface area contributed by atoms with Crippen LogP contribution < -0.4 is 5.32 Å². The van der Waals surface area contributed by atoms with Crippen LogP contribution in [0.2, 0.25) is 0 Å². The number of nitrogens with one attached hydrogen (secondary N) is 1. The largest absolute Gasteiger partial charge is 0.508 e. The number of aromatic hydroxyl groups is 1. The summed E-state index contributed by atoms with van der Waals surface area (Å²) in [5.41, 5.74) is 1.29. The van der Waals surface area contributed by atoms with E-state index in [9.17, 15) is 9.90 Å². The van der Waals surface area contributed by atoms with E-state index in [1.54, 1.807) is 24.3 Å². The van der Waals surface area contributed by atoms with Crippen molar-refractivity contribution in [2.24, 2.45) is 0 Å². The Bertz CT molecular complexity index is 514. The Morgan fingerprint density at radius 1 is 1.29 bits per heavy atom. The summed E-state index contributed by atoms with van der Waals surface area (Å²) in [6.45, 7) is 0.357. The van der Waals surface area contributed by atoms with Gasteiger partial charge < -0.3 is 10.4 Å². The van der Waals surface area contributed by atoms with Gasteiger partial charge in [0.1, 0.15) is 5.75 Å². The zero-order valence-electron chi connectivity index (χ0n) is 9.00. The van der Waals surface area contributed by atoms with E-state index in [1.807, 2.05) is 6.07 Å². The number of nitrogens with zero attached hydrogens (tertiary/aromatic N) is 2. The van der Waals surface area contributed by atoms with Gasteiger partial charge in [-0.2, -0.15) is 10.2 Å². The maximum Gasteiger partial charge on any atom is 0.253 e. The molecule has 0 fully saturated rings. The molecule has 1 amide bonds. The number of amides is 1. The molecule has 0 unspecified atom stereocenters. The highest BCUT2D eigenvalue weighted by Crippen LogP contribution is 2.10. The van der Waals surface area contributed by atoms with Crippen LogP contribution in [0, 0.1) is 0 Å². The molecule has 5 heteroatoms. The highest BCUT2D eigenvalue weighted by molar-refractivity contribution is 5.93. The lowest BCUT2D eigenvalue weighted by Gasteiger charge is -2.05. The molecule has 0 saturated heterocycles. The van der Waals surface area contributed by atoms with E-state index in [4.69, 9.17) is 0 Å². The number of carbonyl (C=O) groups is 1. The van der Waals surface area contributed by atoms with Crippen molar-refractivity contribution in [3.8, 4) is 5.75 Å². The van der Waals surface area contributed by atoms with Crippen LogP contribution in [0.3, 0.4) is 0 Å². The smallest absolute Gasteiger partial charge is 0.253 e. The van der Waals surface area contributed by atoms with Crippen LogP contribution in [0.15, 0.2) is 42.7 Å². The first-order chi connectivity index (χ1) is 8.25. The normalized spacial score (nSPS) is 9.88. The summed E-state index contributed by atoms with van der Waals surface area (Å²) in [6.07, 6.45) is 2.86. The van der Waals surface area contributed by atoms with Crippen molar-refractivity contribution in [2.75, 3.05) is 0 Å². The van der Waals surface area contributed by atoms with E-state index in [-0.39, 0.29) is 11.7 Å². The summed E-state index contributed by atoms with van der Waals surface area (Å²) in [5.74, 6) is -0.0365. The van der Waals surface area contributed by atoms with Gasteiger partial charge in [-0.15, -0.1) is 0 Å². The summed E-state index contributed by atoms with van der Waals surface area (Å²) >= 11 is 0. The standard InChI is InChI=1S/C12H11N3O2/c16-11-3-1-2-9(6-11)7-13-12(17)10-4-5-14-15-8-10/h1-6,8,16H,7H2,(H,13,17). The summed E-state index contributed by atoms with van der Waals surface area (Å²) in [4.78, 5) is 11.7. The van der Waals surface area contributed by atoms with Gasteiger partial charge in [0.2, 0.25) is 0 Å². The molecule has 0 radical (unpaired) electrons. The Morgan fingerprint density at radius 3 is 2.88 bits per heavy atom. The highest BCUT2D eigenvalue weighted by Gasteiger charge is 2.04. The second-order valence-corrected chi connectivity index (χ2v) is 3.48. The van der Waals surface area contributed by atoms with Crippen LogP contribution in [0.25, 0.3) is 0 Å². The van der Waals surface area contributed by atoms with Crippen molar-refractivity contribution >= 4 is 5.91 Å². The Morgan fingerprint density at radius 2 is 2.18 bits per heavy atom. The van der Waals surface area contributed by atoms with Gasteiger partial charge in [-0.05, 0) is 23.8 Å². The third kappa shape index (κ3) is 3.01. The minimum absolute atomic E-state index is 0.183. The highest BCUT2D eigenvalue weighted by atomic mass is 16.3. The molecule has 1 heterocycles. The molecule has 2 rings (SSSR count). The average molecular weight is 229 g/mol. The van der Waals surface area contributed by atoms with E-state index in [0.717, 1.165) is 5.56 Å². The molecule has 0 atom stereocenters. The molecule has 0 aliphatic heterocycles. The van der Waals surface area contributed by atoms with E-state index in [2.05, 4.69) is 15.5 Å². The first kappa shape index (κ1) is 11.1. The molecule has 1 aromatic carbocycles. The Labute approximate surface area is 98.1 Å². The Kier molecular flexibility index (Phi) is 3.30. The zero-order chi connectivity index (χ0) is 12.1. The number of carbonyl (C=O) groups excluding carboxylic acids is 1. The average Bonchev–Trinajstić information content (AvgIpc) is 2.37. The van der Waals surface area contributed by atoms with Crippen LogP contribution in [-0.2, 0) is 6.54 Å². The van der Waals surface area contributed by atoms with Crippen molar-refractivity contribution in [2.45, 2.75) is 6.54 Å². The first-order valence-electron chi connectivity index (χ1n) is 5.08. The van der Waals surface area contributed by atoms with E-state index in [0.29, 0.717) is 12.1 Å². The summed E-state index contributed by atoms with van der Waals surface area (Å²) in [6, 6.07) is 8.32. The lowest BCUT2D eigenvalue weighted by molar-refractivity contribution is 0.0950. The minimum Gasteiger partial charge on any atom is -0.508 e. The number of benzene rings is 1. The number of phenols is 1. The van der Waals surface area contributed by atoms with Gasteiger partial charge in [-0.1, -0.05) is 12.1 Å². The predicted molar refractivity (Wildman–Crippen MR) is 61.3 cm³/mol. The molecular formula is C12H11N3O2. The number of rotatable bonds is 3. The number of hydrogen-bond acceptors (Lipinski definition) is 4. The van der Waals surface area contributed by atoms with Gasteiger partial charge in [0.15, 0.2) is 0 Å². The topological polar surface area (TPSA) is 75.1 Å². The molecule has 1 aromatic heterocycles. The summed E-state index contributed by atoms with van der Waals surface area (Å²) < 4.78 is 0. The maximum absolute atomic E-state index is 11.7. The van der Waals surface area contributed by atoms with Crippen molar-refractivity contribution in [1.82, 2.24) is 15.5 Å². The quantitative estimate of drug-likeness (QED) is 0.826. The van der Waals surface area contributed by atoms with Crippen molar-refractivity contribution < 1.29 is 9.90 Å². The SMILES string of the molecule is O=C(NCc1cccc(O)c1)c1ccnnc1. The maximum atomic E-state index is 11.7.